The fraction of sp³-hybridized carbons (Fsp3) is 0.259. The van der Waals surface area contributed by atoms with Gasteiger partial charge in [-0.15, -0.1) is 0 Å². The number of alkyl halides is 3. The van der Waals surface area contributed by atoms with E-state index >= 15 is 0 Å². The Morgan fingerprint density at radius 2 is 1.38 bits per heavy atom. The van der Waals surface area contributed by atoms with Gasteiger partial charge in [-0.2, -0.15) is 13.2 Å². The fourth-order valence-electron chi connectivity index (χ4n) is 6.69. The molecular weight excluding hydrogens is 443 g/mol. The number of hydrogen-bond donors (Lipinski definition) is 1. The van der Waals surface area contributed by atoms with Crippen molar-refractivity contribution >= 4 is 17.5 Å². The number of amides is 2. The van der Waals surface area contributed by atoms with Crippen LogP contribution in [-0.2, 0) is 21.2 Å². The van der Waals surface area contributed by atoms with Crippen LogP contribution in [0.15, 0.2) is 72.8 Å². The van der Waals surface area contributed by atoms with Gasteiger partial charge in [0.25, 0.3) is 0 Å². The van der Waals surface area contributed by atoms with Crippen molar-refractivity contribution in [1.82, 2.24) is 0 Å². The smallest absolute Gasteiger partial charge is 0.392 e. The lowest BCUT2D eigenvalue weighted by molar-refractivity contribution is -0.137. The summed E-state index contributed by atoms with van der Waals surface area (Å²) < 4.78 is 41.5. The molecule has 1 heterocycles. The first kappa shape index (κ1) is 21.1. The van der Waals surface area contributed by atoms with Crippen LogP contribution in [0.5, 0.6) is 0 Å². The number of para-hydroxylation sites is 1. The molecule has 1 aliphatic heterocycles. The molecule has 0 radical (unpaired) electrons. The second-order valence-corrected chi connectivity index (χ2v) is 9.23. The second kappa shape index (κ2) is 6.79. The van der Waals surface area contributed by atoms with Crippen molar-refractivity contribution in [3.8, 4) is 0 Å². The Hall–Kier alpha value is -3.45. The van der Waals surface area contributed by atoms with Crippen molar-refractivity contribution in [1.29, 1.82) is 0 Å². The Balaban J connectivity index is 1.65. The zero-order chi connectivity index (χ0) is 24.0. The summed E-state index contributed by atoms with van der Waals surface area (Å²) in [6.45, 7) is 1.58. The van der Waals surface area contributed by atoms with Gasteiger partial charge in [0.05, 0.1) is 34.6 Å². The molecule has 34 heavy (non-hydrogen) atoms. The molecule has 0 saturated carbocycles. The fourth-order valence-corrected chi connectivity index (χ4v) is 6.69. The first-order chi connectivity index (χ1) is 16.2. The Labute approximate surface area is 193 Å². The number of carbonyl (C=O) groups is 2. The Morgan fingerprint density at radius 1 is 0.853 bits per heavy atom. The van der Waals surface area contributed by atoms with Crippen LogP contribution in [0.2, 0.25) is 0 Å². The summed E-state index contributed by atoms with van der Waals surface area (Å²) in [5.41, 5.74) is 0.410. The van der Waals surface area contributed by atoms with Crippen LogP contribution >= 0.6 is 0 Å². The van der Waals surface area contributed by atoms with Gasteiger partial charge >= 0.3 is 6.18 Å². The molecule has 0 aromatic heterocycles. The van der Waals surface area contributed by atoms with E-state index in [1.54, 1.807) is 6.92 Å². The summed E-state index contributed by atoms with van der Waals surface area (Å²) in [5.74, 6) is -3.78. The van der Waals surface area contributed by atoms with E-state index in [1.165, 1.54) is 12.1 Å². The van der Waals surface area contributed by atoms with Gasteiger partial charge in [0.2, 0.25) is 11.8 Å². The molecule has 4 nitrogen and oxygen atoms in total. The van der Waals surface area contributed by atoms with Gasteiger partial charge in [0.15, 0.2) is 0 Å². The highest BCUT2D eigenvalue weighted by atomic mass is 19.4. The number of benzene rings is 3. The summed E-state index contributed by atoms with van der Waals surface area (Å²) in [6.07, 6.45) is -5.81. The third-order valence-electron chi connectivity index (χ3n) is 7.79. The minimum atomic E-state index is -4.74. The summed E-state index contributed by atoms with van der Waals surface area (Å²) in [7, 11) is 0. The van der Waals surface area contributed by atoms with E-state index in [9.17, 15) is 27.9 Å². The van der Waals surface area contributed by atoms with E-state index < -0.39 is 58.5 Å². The van der Waals surface area contributed by atoms with Gasteiger partial charge in [0.1, 0.15) is 0 Å². The molecule has 1 N–H and O–H groups in total. The van der Waals surface area contributed by atoms with Crippen LogP contribution in [0.1, 0.15) is 40.7 Å². The molecule has 3 atom stereocenters. The van der Waals surface area contributed by atoms with Crippen molar-refractivity contribution in [2.45, 2.75) is 30.5 Å². The second-order valence-electron chi connectivity index (χ2n) is 9.23. The third-order valence-corrected chi connectivity index (χ3v) is 7.79. The molecule has 2 bridgehead atoms. The van der Waals surface area contributed by atoms with Gasteiger partial charge in [-0.3, -0.25) is 9.59 Å². The zero-order valence-electron chi connectivity index (χ0n) is 18.1. The Kier molecular flexibility index (Phi) is 4.22. The lowest BCUT2D eigenvalue weighted by Gasteiger charge is -2.55. The molecule has 7 rings (SSSR count). The third kappa shape index (κ3) is 2.37. The average Bonchev–Trinajstić information content (AvgIpc) is 3.09. The summed E-state index contributed by atoms with van der Waals surface area (Å²) >= 11 is 0. The van der Waals surface area contributed by atoms with Crippen LogP contribution in [-0.4, -0.2) is 23.0 Å². The van der Waals surface area contributed by atoms with Crippen molar-refractivity contribution in [2.75, 3.05) is 4.90 Å². The first-order valence-corrected chi connectivity index (χ1v) is 11.1. The molecule has 3 aromatic rings. The maximum atomic E-state index is 14.0. The molecular formula is C27H20F3NO3. The molecule has 3 aliphatic carbocycles. The highest BCUT2D eigenvalue weighted by Crippen LogP contribution is 2.65. The molecule has 172 valence electrons. The Morgan fingerprint density at radius 3 is 1.94 bits per heavy atom. The highest BCUT2D eigenvalue weighted by Gasteiger charge is 2.69. The summed E-state index contributed by atoms with van der Waals surface area (Å²) in [5, 5.41) is 11.3. The lowest BCUT2D eigenvalue weighted by Crippen LogP contribution is -2.58. The molecule has 1 fully saturated rings. The van der Waals surface area contributed by atoms with Crippen molar-refractivity contribution in [3.63, 3.8) is 0 Å². The quantitative estimate of drug-likeness (QED) is 0.564. The standard InChI is InChI=1S/C27H20F3NO3/c1-14(32)26-17-10-4-2-8-15(17)21(16-9-3-5-11-18(16)26)22-23(26)25(34)31(24(22)33)20-13-7-6-12-19(20)27(28,29)30/h2-14,21-23,32H,1H3/t14-,21?,22-,23-,26?/m0/s1. The zero-order valence-corrected chi connectivity index (χ0v) is 18.1. The number of nitrogens with zero attached hydrogens (tertiary/aromatic N) is 1. The van der Waals surface area contributed by atoms with Crippen LogP contribution in [0, 0.1) is 11.8 Å². The molecule has 1 saturated heterocycles. The van der Waals surface area contributed by atoms with Gasteiger partial charge in [0, 0.05) is 5.92 Å². The molecule has 0 unspecified atom stereocenters. The number of aliphatic hydroxyl groups is 1. The van der Waals surface area contributed by atoms with E-state index in [0.29, 0.717) is 4.90 Å². The van der Waals surface area contributed by atoms with Crippen LogP contribution in [0.3, 0.4) is 0 Å². The van der Waals surface area contributed by atoms with Gasteiger partial charge < -0.3 is 5.11 Å². The normalized spacial score (nSPS) is 27.9. The number of anilines is 1. The molecule has 4 aliphatic rings. The molecule has 3 aromatic carbocycles. The first-order valence-electron chi connectivity index (χ1n) is 11.1. The average molecular weight is 463 g/mol. The summed E-state index contributed by atoms with van der Waals surface area (Å²) in [4.78, 5) is 28.5. The number of aliphatic hydroxyl groups excluding tert-OH is 1. The number of rotatable bonds is 2. The largest absolute Gasteiger partial charge is 0.418 e. The minimum absolute atomic E-state index is 0.465. The van der Waals surface area contributed by atoms with Crippen molar-refractivity contribution in [2.24, 2.45) is 11.8 Å². The Bertz CT molecular complexity index is 1320. The molecule has 0 spiro atoms. The predicted octanol–water partition coefficient (Wildman–Crippen LogP) is 4.64. The maximum Gasteiger partial charge on any atom is 0.418 e. The lowest BCUT2D eigenvalue weighted by atomic mass is 9.46. The molecule has 7 heteroatoms. The van der Waals surface area contributed by atoms with Crippen LogP contribution in [0.25, 0.3) is 0 Å². The SMILES string of the molecule is C[C@H](O)C12c3ccccc3C(c3ccccc31)[C@@H]1C(=O)N(c3ccccc3C(F)(F)F)C(=O)[C@H]12. The van der Waals surface area contributed by atoms with Crippen molar-refractivity contribution < 1.29 is 27.9 Å². The van der Waals surface area contributed by atoms with E-state index in [1.807, 2.05) is 48.5 Å². The monoisotopic (exact) mass is 463 g/mol. The van der Waals surface area contributed by atoms with E-state index in [4.69, 9.17) is 0 Å². The minimum Gasteiger partial charge on any atom is -0.392 e. The van der Waals surface area contributed by atoms with E-state index in [0.717, 1.165) is 34.4 Å². The maximum absolute atomic E-state index is 14.0. The van der Waals surface area contributed by atoms with Crippen LogP contribution in [0.4, 0.5) is 18.9 Å². The number of halogens is 3. The number of imide groups is 1. The number of hydrogen-bond acceptors (Lipinski definition) is 3. The van der Waals surface area contributed by atoms with Gasteiger partial charge in [-0.05, 0) is 41.3 Å². The van der Waals surface area contributed by atoms with Gasteiger partial charge in [-0.25, -0.2) is 4.90 Å². The van der Waals surface area contributed by atoms with E-state index in [2.05, 4.69) is 0 Å². The summed E-state index contributed by atoms with van der Waals surface area (Å²) in [6, 6.07) is 19.4. The topological polar surface area (TPSA) is 57.6 Å². The van der Waals surface area contributed by atoms with Crippen molar-refractivity contribution in [3.05, 3.63) is 101 Å². The van der Waals surface area contributed by atoms with Gasteiger partial charge in [-0.1, -0.05) is 60.7 Å². The highest BCUT2D eigenvalue weighted by molar-refractivity contribution is 6.24. The van der Waals surface area contributed by atoms with Crippen LogP contribution < -0.4 is 4.90 Å². The number of carbonyl (C=O) groups excluding carboxylic acids is 2. The van der Waals surface area contributed by atoms with E-state index in [-0.39, 0.29) is 0 Å². The molecule has 2 amide bonds. The predicted molar refractivity (Wildman–Crippen MR) is 118 cm³/mol.